The van der Waals surface area contributed by atoms with Crippen LogP contribution in [0.2, 0.25) is 6.04 Å². The molecule has 39 heavy (non-hydrogen) atoms. The number of carbonyl (C=O) groups excluding carboxylic acids is 1. The number of rotatable bonds is 15. The van der Waals surface area contributed by atoms with E-state index in [1.165, 1.54) is 0 Å². The van der Waals surface area contributed by atoms with Gasteiger partial charge < -0.3 is 29.3 Å². The smallest absolute Gasteiger partial charge is 0.390 e. The lowest BCUT2D eigenvalue weighted by molar-refractivity contribution is -0.316. The van der Waals surface area contributed by atoms with Gasteiger partial charge in [-0.2, -0.15) is 5.06 Å². The van der Waals surface area contributed by atoms with E-state index in [2.05, 4.69) is 76.2 Å². The van der Waals surface area contributed by atoms with E-state index in [1.54, 1.807) is 0 Å². The Balaban J connectivity index is 1.96. The van der Waals surface area contributed by atoms with Crippen molar-refractivity contribution in [1.82, 2.24) is 15.3 Å². The van der Waals surface area contributed by atoms with Gasteiger partial charge in [0.15, 0.2) is 0 Å². The average molecular weight is 568 g/mol. The molecule has 0 aliphatic carbocycles. The molecule has 1 fully saturated rings. The van der Waals surface area contributed by atoms with Crippen LogP contribution in [0.3, 0.4) is 0 Å². The Morgan fingerprint density at radius 2 is 1.64 bits per heavy atom. The Kier molecular flexibility index (Phi) is 12.6. The first-order valence-electron chi connectivity index (χ1n) is 14.2. The molecule has 1 aromatic rings. The van der Waals surface area contributed by atoms with Crippen LogP contribution in [0.25, 0.3) is 0 Å². The van der Waals surface area contributed by atoms with Crippen LogP contribution in [0.5, 0.6) is 0 Å². The van der Waals surface area contributed by atoms with Gasteiger partial charge in [0, 0.05) is 29.8 Å². The molecule has 0 bridgehead atoms. The van der Waals surface area contributed by atoms with Gasteiger partial charge in [0.05, 0.1) is 13.2 Å². The molecule has 9 nitrogen and oxygen atoms in total. The maximum Gasteiger partial charge on any atom is 0.492 e. The van der Waals surface area contributed by atoms with Crippen molar-refractivity contribution in [3.8, 4) is 0 Å². The summed E-state index contributed by atoms with van der Waals surface area (Å²) in [6, 6.07) is 8.57. The number of hydrogen-bond donors (Lipinski definition) is 4. The molecule has 1 saturated heterocycles. The molecule has 10 heteroatoms. The van der Waals surface area contributed by atoms with Crippen molar-refractivity contribution in [1.29, 1.82) is 0 Å². The molecule has 1 unspecified atom stereocenters. The zero-order chi connectivity index (χ0) is 29.4. The topological polar surface area (TPSA) is 115 Å². The summed E-state index contributed by atoms with van der Waals surface area (Å²) in [6.07, 6.45) is 3.68. The summed E-state index contributed by atoms with van der Waals surface area (Å²) in [6.45, 7) is 14.6. The lowest BCUT2D eigenvalue weighted by atomic mass is 9.79. The van der Waals surface area contributed by atoms with Gasteiger partial charge in [-0.05, 0) is 84.5 Å². The second kappa shape index (κ2) is 14.5. The highest BCUT2D eigenvalue weighted by molar-refractivity contribution is 6.56. The summed E-state index contributed by atoms with van der Waals surface area (Å²) < 4.78 is 5.79. The van der Waals surface area contributed by atoms with E-state index in [0.29, 0.717) is 26.2 Å². The second-order valence-electron chi connectivity index (χ2n) is 13.0. The van der Waals surface area contributed by atoms with Crippen molar-refractivity contribution in [2.24, 2.45) is 5.92 Å². The minimum absolute atomic E-state index is 0.0535. The Hall–Kier alpha value is -1.37. The summed E-state index contributed by atoms with van der Waals surface area (Å²) in [7, 11) is -0.112. The predicted octanol–water partition coefficient (Wildman–Crippen LogP) is 3.62. The standard InChI is InChI=1S/C29H53N3O6Si/c1-22(2)27(24-14-12-23(13-15-24)21-37-16-10-9-11-17-39(34,35)36)38-32-28(3,4)18-25(19-29(32,5)6)30-26(33)20-31(7)8/h12-15,22,25,27,34-36H,9-11,16-21H2,1-8H3,(H,30,33). The minimum Gasteiger partial charge on any atom is -0.390 e. The Labute approximate surface area is 236 Å². The van der Waals surface area contributed by atoms with Crippen molar-refractivity contribution in [3.63, 3.8) is 0 Å². The van der Waals surface area contributed by atoms with Crippen LogP contribution in [-0.4, -0.2) is 83.4 Å². The molecule has 1 heterocycles. The van der Waals surface area contributed by atoms with Gasteiger partial charge in [-0.15, -0.1) is 0 Å². The number of nitrogens with one attached hydrogen (secondary N) is 1. The number of hydroxylamine groups is 2. The van der Waals surface area contributed by atoms with Gasteiger partial charge in [-0.1, -0.05) is 44.5 Å². The van der Waals surface area contributed by atoms with Crippen LogP contribution in [0.4, 0.5) is 0 Å². The molecule has 1 amide bonds. The molecule has 1 aliphatic heterocycles. The zero-order valence-electron chi connectivity index (χ0n) is 25.4. The molecule has 1 aliphatic rings. The van der Waals surface area contributed by atoms with Gasteiger partial charge in [-0.25, -0.2) is 0 Å². The van der Waals surface area contributed by atoms with Crippen LogP contribution in [0.15, 0.2) is 24.3 Å². The number of carbonyl (C=O) groups is 1. The van der Waals surface area contributed by atoms with Gasteiger partial charge in [0.25, 0.3) is 0 Å². The normalized spacial score (nSPS) is 19.0. The molecule has 1 aromatic carbocycles. The number of hydrogen-bond acceptors (Lipinski definition) is 8. The molecule has 1 atom stereocenters. The third-order valence-corrected chi connectivity index (χ3v) is 8.14. The predicted molar refractivity (Wildman–Crippen MR) is 156 cm³/mol. The number of ether oxygens (including phenoxy) is 1. The summed E-state index contributed by atoms with van der Waals surface area (Å²) in [5.41, 5.74) is 1.66. The Morgan fingerprint density at radius 1 is 1.05 bits per heavy atom. The monoisotopic (exact) mass is 567 g/mol. The van der Waals surface area contributed by atoms with E-state index in [9.17, 15) is 4.79 Å². The van der Waals surface area contributed by atoms with Crippen molar-refractivity contribution < 1.29 is 28.8 Å². The fraction of sp³-hybridized carbons (Fsp3) is 0.759. The number of likely N-dealkylation sites (N-methyl/N-ethyl adjacent to an activating group) is 1. The molecular weight excluding hydrogens is 514 g/mol. The molecule has 0 saturated carbocycles. The number of amides is 1. The van der Waals surface area contributed by atoms with Crippen LogP contribution in [0.1, 0.15) is 90.9 Å². The van der Waals surface area contributed by atoms with E-state index in [4.69, 9.17) is 24.0 Å². The van der Waals surface area contributed by atoms with Crippen molar-refractivity contribution in [2.45, 2.75) is 110 Å². The summed E-state index contributed by atoms with van der Waals surface area (Å²) in [4.78, 5) is 48.3. The number of unbranched alkanes of at least 4 members (excludes halogenated alkanes) is 2. The van der Waals surface area contributed by atoms with Crippen LogP contribution < -0.4 is 5.32 Å². The zero-order valence-corrected chi connectivity index (χ0v) is 26.4. The molecule has 2 rings (SSSR count). The fourth-order valence-corrected chi connectivity index (χ4v) is 6.35. The highest BCUT2D eigenvalue weighted by Crippen LogP contribution is 2.42. The lowest BCUT2D eigenvalue weighted by Gasteiger charge is -2.55. The molecular formula is C29H53N3O6Si. The van der Waals surface area contributed by atoms with Crippen molar-refractivity contribution in [3.05, 3.63) is 35.4 Å². The van der Waals surface area contributed by atoms with E-state index >= 15 is 0 Å². The van der Waals surface area contributed by atoms with Gasteiger partial charge in [0.1, 0.15) is 6.10 Å². The molecule has 0 radical (unpaired) electrons. The number of piperidine rings is 1. The van der Waals surface area contributed by atoms with E-state index in [1.807, 2.05) is 19.0 Å². The molecule has 4 N–H and O–H groups in total. The quantitative estimate of drug-likeness (QED) is 0.188. The summed E-state index contributed by atoms with van der Waals surface area (Å²) in [5.74, 6) is 0.313. The van der Waals surface area contributed by atoms with E-state index in [0.717, 1.165) is 36.8 Å². The van der Waals surface area contributed by atoms with Crippen molar-refractivity contribution >= 4 is 14.7 Å². The van der Waals surface area contributed by atoms with Gasteiger partial charge >= 0.3 is 8.80 Å². The summed E-state index contributed by atoms with van der Waals surface area (Å²) in [5, 5.41) is 5.39. The SMILES string of the molecule is CC(C)C(ON1C(C)(C)CC(NC(=O)CN(C)C)CC1(C)C)c1ccc(COCCCCC[Si](O)(O)O)cc1. The van der Waals surface area contributed by atoms with Crippen LogP contribution >= 0.6 is 0 Å². The fourth-order valence-electron chi connectivity index (χ4n) is 5.63. The summed E-state index contributed by atoms with van der Waals surface area (Å²) >= 11 is 0. The van der Waals surface area contributed by atoms with Crippen LogP contribution in [-0.2, 0) is 21.0 Å². The molecule has 0 spiro atoms. The van der Waals surface area contributed by atoms with Gasteiger partial charge in [-0.3, -0.25) is 9.63 Å². The maximum absolute atomic E-state index is 12.4. The third-order valence-electron chi connectivity index (χ3n) is 7.12. The molecule has 224 valence electrons. The largest absolute Gasteiger partial charge is 0.492 e. The minimum atomic E-state index is -3.92. The highest BCUT2D eigenvalue weighted by atomic mass is 28.4. The number of benzene rings is 1. The van der Waals surface area contributed by atoms with Crippen molar-refractivity contribution in [2.75, 3.05) is 27.2 Å². The third kappa shape index (κ3) is 11.6. The molecule has 0 aromatic heterocycles. The first-order valence-corrected chi connectivity index (χ1v) is 16.3. The first-order chi connectivity index (χ1) is 18.0. The second-order valence-corrected chi connectivity index (χ2v) is 15.0. The van der Waals surface area contributed by atoms with Crippen LogP contribution in [0, 0.1) is 5.92 Å². The van der Waals surface area contributed by atoms with Gasteiger partial charge in [0.2, 0.25) is 5.91 Å². The maximum atomic E-state index is 12.4. The van der Waals surface area contributed by atoms with E-state index in [-0.39, 0.29) is 41.1 Å². The first kappa shape index (κ1) is 33.8. The number of nitrogens with zero attached hydrogens (tertiary/aromatic N) is 2. The average Bonchev–Trinajstić information content (AvgIpc) is 2.76. The lowest BCUT2D eigenvalue weighted by Crippen LogP contribution is -2.64. The Bertz CT molecular complexity index is 868. The van der Waals surface area contributed by atoms with E-state index < -0.39 is 8.80 Å². The highest BCUT2D eigenvalue weighted by Gasteiger charge is 2.48. The Morgan fingerprint density at radius 3 is 2.15 bits per heavy atom.